The van der Waals surface area contributed by atoms with Crippen LogP contribution in [0.25, 0.3) is 0 Å². The van der Waals surface area contributed by atoms with E-state index in [1.807, 2.05) is 24.3 Å². The maximum Gasteiger partial charge on any atom is 0.494 e. The Kier molecular flexibility index (Phi) is 3.74. The lowest BCUT2D eigenvalue weighted by molar-refractivity contribution is 0.00578. The van der Waals surface area contributed by atoms with Crippen molar-refractivity contribution < 1.29 is 14.0 Å². The third-order valence-corrected chi connectivity index (χ3v) is 3.77. The highest BCUT2D eigenvalue weighted by Crippen LogP contribution is 2.36. The molecule has 2 rings (SSSR count). The van der Waals surface area contributed by atoms with E-state index in [0.717, 1.165) is 11.2 Å². The molecule has 0 N–H and O–H groups in total. The minimum absolute atomic E-state index is 0.310. The van der Waals surface area contributed by atoms with Gasteiger partial charge in [-0.3, -0.25) is 0 Å². The zero-order valence-electron chi connectivity index (χ0n) is 12.1. The average Bonchev–Trinajstić information content (AvgIpc) is 2.56. The Morgan fingerprint density at radius 1 is 1.11 bits per heavy atom. The third kappa shape index (κ3) is 2.85. The molecule has 102 valence electrons. The van der Waals surface area contributed by atoms with E-state index < -0.39 is 0 Å². The van der Waals surface area contributed by atoms with Crippen LogP contribution in [0.5, 0.6) is 5.75 Å². The second kappa shape index (κ2) is 5.02. The van der Waals surface area contributed by atoms with Crippen LogP contribution in [-0.2, 0) is 9.31 Å². The van der Waals surface area contributed by atoms with Crippen LogP contribution in [0.3, 0.4) is 0 Å². The Labute approximate surface area is 115 Å². The van der Waals surface area contributed by atoms with Crippen LogP contribution in [0.2, 0.25) is 0 Å². The van der Waals surface area contributed by atoms with Crippen molar-refractivity contribution in [3.63, 3.8) is 0 Å². The topological polar surface area (TPSA) is 27.7 Å². The van der Waals surface area contributed by atoms with Crippen LogP contribution in [0.15, 0.2) is 36.9 Å². The van der Waals surface area contributed by atoms with Gasteiger partial charge in [0.2, 0.25) is 0 Å². The summed E-state index contributed by atoms with van der Waals surface area (Å²) >= 11 is 0. The van der Waals surface area contributed by atoms with E-state index in [2.05, 4.69) is 34.3 Å². The highest BCUT2D eigenvalue weighted by molar-refractivity contribution is 6.62. The van der Waals surface area contributed by atoms with E-state index in [1.165, 1.54) is 0 Å². The Morgan fingerprint density at radius 2 is 1.63 bits per heavy atom. The summed E-state index contributed by atoms with van der Waals surface area (Å²) in [6.07, 6.45) is 1.72. The van der Waals surface area contributed by atoms with Gasteiger partial charge in [0.15, 0.2) is 0 Å². The Balaban J connectivity index is 2.10. The van der Waals surface area contributed by atoms with Crippen molar-refractivity contribution in [2.24, 2.45) is 0 Å². The molecule has 19 heavy (non-hydrogen) atoms. The minimum Gasteiger partial charge on any atom is -0.490 e. The molecule has 0 aliphatic carbocycles. The number of hydrogen-bond acceptors (Lipinski definition) is 3. The smallest absolute Gasteiger partial charge is 0.490 e. The van der Waals surface area contributed by atoms with Crippen LogP contribution in [0, 0.1) is 0 Å². The molecule has 1 fully saturated rings. The van der Waals surface area contributed by atoms with Crippen LogP contribution in [0.4, 0.5) is 0 Å². The lowest BCUT2D eigenvalue weighted by Gasteiger charge is -2.32. The van der Waals surface area contributed by atoms with Gasteiger partial charge in [0, 0.05) is 0 Å². The van der Waals surface area contributed by atoms with Gasteiger partial charge in [-0.25, -0.2) is 0 Å². The molecule has 0 atom stereocenters. The van der Waals surface area contributed by atoms with Gasteiger partial charge in [-0.1, -0.05) is 24.8 Å². The van der Waals surface area contributed by atoms with Crippen molar-refractivity contribution in [1.82, 2.24) is 0 Å². The van der Waals surface area contributed by atoms with Gasteiger partial charge in [-0.2, -0.15) is 0 Å². The van der Waals surface area contributed by atoms with E-state index in [9.17, 15) is 0 Å². The zero-order valence-corrected chi connectivity index (χ0v) is 12.1. The van der Waals surface area contributed by atoms with E-state index in [-0.39, 0.29) is 18.3 Å². The third-order valence-electron chi connectivity index (χ3n) is 3.77. The molecule has 0 bridgehead atoms. The Bertz CT molecular complexity index is 435. The fraction of sp³-hybridized carbons (Fsp3) is 0.467. The molecule has 1 aliphatic heterocycles. The van der Waals surface area contributed by atoms with Crippen molar-refractivity contribution in [3.8, 4) is 5.75 Å². The Hall–Kier alpha value is -1.26. The molecule has 1 aromatic rings. The van der Waals surface area contributed by atoms with Gasteiger partial charge in [-0.05, 0) is 45.3 Å². The first kappa shape index (κ1) is 14.2. The van der Waals surface area contributed by atoms with E-state index in [1.54, 1.807) is 6.08 Å². The van der Waals surface area contributed by atoms with Gasteiger partial charge in [-0.15, -0.1) is 0 Å². The fourth-order valence-electron chi connectivity index (χ4n) is 1.86. The summed E-state index contributed by atoms with van der Waals surface area (Å²) < 4.78 is 17.4. The first-order chi connectivity index (χ1) is 8.86. The SMILES string of the molecule is C=CCOc1ccc(B2OC(C)(C)C(C)(C)O2)cc1. The number of rotatable bonds is 4. The molecule has 0 aromatic heterocycles. The first-order valence-electron chi connectivity index (χ1n) is 6.55. The minimum atomic E-state index is -0.321. The molecule has 0 amide bonds. The summed E-state index contributed by atoms with van der Waals surface area (Å²) in [4.78, 5) is 0. The molecular weight excluding hydrogens is 239 g/mol. The first-order valence-corrected chi connectivity index (χ1v) is 6.55. The van der Waals surface area contributed by atoms with E-state index in [4.69, 9.17) is 14.0 Å². The summed E-state index contributed by atoms with van der Waals surface area (Å²) in [6, 6.07) is 7.79. The molecule has 0 unspecified atom stereocenters. The second-order valence-corrected chi connectivity index (χ2v) is 5.76. The van der Waals surface area contributed by atoms with Gasteiger partial charge in [0.1, 0.15) is 12.4 Å². The van der Waals surface area contributed by atoms with Crippen LogP contribution >= 0.6 is 0 Å². The monoisotopic (exact) mass is 260 g/mol. The molecule has 0 spiro atoms. The summed E-state index contributed by atoms with van der Waals surface area (Å²) in [6.45, 7) is 12.3. The maximum atomic E-state index is 5.99. The zero-order chi connectivity index (χ0) is 14.1. The molecular formula is C15H21BO3. The molecule has 1 saturated heterocycles. The highest BCUT2D eigenvalue weighted by atomic mass is 16.7. The predicted octanol–water partition coefficient (Wildman–Crippen LogP) is 2.55. The maximum absolute atomic E-state index is 5.99. The quantitative estimate of drug-likeness (QED) is 0.615. The van der Waals surface area contributed by atoms with Gasteiger partial charge < -0.3 is 14.0 Å². The lowest BCUT2D eigenvalue weighted by atomic mass is 9.79. The molecule has 3 nitrogen and oxygen atoms in total. The van der Waals surface area contributed by atoms with Gasteiger partial charge in [0.05, 0.1) is 11.2 Å². The molecule has 0 radical (unpaired) electrons. The standard InChI is InChI=1S/C15H21BO3/c1-6-11-17-13-9-7-12(8-10-13)16-18-14(2,3)15(4,5)19-16/h6-10H,1,11H2,2-5H3. The van der Waals surface area contributed by atoms with Gasteiger partial charge >= 0.3 is 7.12 Å². The normalized spacial score (nSPS) is 20.3. The summed E-state index contributed by atoms with van der Waals surface area (Å²) in [5, 5.41) is 0. The van der Waals surface area contributed by atoms with Crippen molar-refractivity contribution >= 4 is 12.6 Å². The lowest BCUT2D eigenvalue weighted by Crippen LogP contribution is -2.41. The van der Waals surface area contributed by atoms with E-state index in [0.29, 0.717) is 6.61 Å². The van der Waals surface area contributed by atoms with Crippen molar-refractivity contribution in [3.05, 3.63) is 36.9 Å². The Morgan fingerprint density at radius 3 is 2.11 bits per heavy atom. The molecule has 4 heteroatoms. The van der Waals surface area contributed by atoms with Crippen LogP contribution < -0.4 is 10.2 Å². The van der Waals surface area contributed by atoms with Crippen LogP contribution in [-0.4, -0.2) is 24.9 Å². The van der Waals surface area contributed by atoms with Crippen molar-refractivity contribution in [1.29, 1.82) is 0 Å². The molecule has 1 heterocycles. The molecule has 1 aliphatic rings. The van der Waals surface area contributed by atoms with E-state index >= 15 is 0 Å². The average molecular weight is 260 g/mol. The van der Waals surface area contributed by atoms with Gasteiger partial charge in [0.25, 0.3) is 0 Å². The summed E-state index contributed by atoms with van der Waals surface area (Å²) in [7, 11) is -0.321. The fourth-order valence-corrected chi connectivity index (χ4v) is 1.86. The number of ether oxygens (including phenoxy) is 1. The van der Waals surface area contributed by atoms with Crippen LogP contribution in [0.1, 0.15) is 27.7 Å². The van der Waals surface area contributed by atoms with Crippen molar-refractivity contribution in [2.45, 2.75) is 38.9 Å². The summed E-state index contributed by atoms with van der Waals surface area (Å²) in [5.74, 6) is 0.820. The highest BCUT2D eigenvalue weighted by Gasteiger charge is 2.51. The molecule has 0 saturated carbocycles. The van der Waals surface area contributed by atoms with Crippen molar-refractivity contribution in [2.75, 3.05) is 6.61 Å². The molecule has 1 aromatic carbocycles. The number of benzene rings is 1. The predicted molar refractivity (Wildman–Crippen MR) is 77.9 cm³/mol. The largest absolute Gasteiger partial charge is 0.494 e. The second-order valence-electron chi connectivity index (χ2n) is 5.76. The summed E-state index contributed by atoms with van der Waals surface area (Å²) in [5.41, 5.74) is 0.385. The number of hydrogen-bond donors (Lipinski definition) is 0.